The first-order valence-electron chi connectivity index (χ1n) is 11.0. The molecule has 0 saturated carbocycles. The SMILES string of the molecule is Nc1ncc(-c2cccc(CNC(=O)Nc3ccc(F)cc3)c2)nc1C(=O)N[C@H]1CCCNC1. The number of nitrogen functional groups attached to an aromatic ring is 1. The van der Waals surface area contributed by atoms with Crippen molar-refractivity contribution in [2.75, 3.05) is 24.1 Å². The molecule has 9 nitrogen and oxygen atoms in total. The second-order valence-electron chi connectivity index (χ2n) is 8.02. The summed E-state index contributed by atoms with van der Waals surface area (Å²) in [6, 6.07) is 12.5. The van der Waals surface area contributed by atoms with Crippen molar-refractivity contribution in [1.82, 2.24) is 25.9 Å². The van der Waals surface area contributed by atoms with Gasteiger partial charge in [0, 0.05) is 30.4 Å². The van der Waals surface area contributed by atoms with Crippen LogP contribution in [0.3, 0.4) is 0 Å². The van der Waals surface area contributed by atoms with Gasteiger partial charge in [-0.2, -0.15) is 0 Å². The number of urea groups is 1. The Hall–Kier alpha value is -4.05. The third-order valence-electron chi connectivity index (χ3n) is 5.43. The van der Waals surface area contributed by atoms with Gasteiger partial charge in [-0.05, 0) is 55.3 Å². The van der Waals surface area contributed by atoms with Gasteiger partial charge in [-0.1, -0.05) is 18.2 Å². The zero-order valence-corrected chi connectivity index (χ0v) is 18.5. The van der Waals surface area contributed by atoms with E-state index in [0.717, 1.165) is 30.5 Å². The molecule has 4 rings (SSSR count). The summed E-state index contributed by atoms with van der Waals surface area (Å²) in [5.74, 6) is -0.656. The van der Waals surface area contributed by atoms with Crippen molar-refractivity contribution in [2.45, 2.75) is 25.4 Å². The van der Waals surface area contributed by atoms with Crippen LogP contribution in [0.2, 0.25) is 0 Å². The molecule has 1 aliphatic rings. The molecule has 1 aromatic heterocycles. The predicted octanol–water partition coefficient (Wildman–Crippen LogP) is 2.67. The summed E-state index contributed by atoms with van der Waals surface area (Å²) < 4.78 is 13.0. The van der Waals surface area contributed by atoms with Crippen molar-refractivity contribution < 1.29 is 14.0 Å². The fourth-order valence-electron chi connectivity index (χ4n) is 3.66. The minimum atomic E-state index is -0.416. The summed E-state index contributed by atoms with van der Waals surface area (Å²) in [5.41, 5.74) is 8.56. The van der Waals surface area contributed by atoms with E-state index >= 15 is 0 Å². The zero-order valence-electron chi connectivity index (χ0n) is 18.5. The summed E-state index contributed by atoms with van der Waals surface area (Å²) in [7, 11) is 0. The van der Waals surface area contributed by atoms with Gasteiger partial charge in [0.2, 0.25) is 0 Å². The summed E-state index contributed by atoms with van der Waals surface area (Å²) in [6.07, 6.45) is 3.41. The van der Waals surface area contributed by atoms with Crippen molar-refractivity contribution in [3.05, 3.63) is 71.8 Å². The largest absolute Gasteiger partial charge is 0.382 e. The molecule has 0 radical (unpaired) electrons. The number of halogens is 1. The van der Waals surface area contributed by atoms with Gasteiger partial charge < -0.3 is 27.0 Å². The van der Waals surface area contributed by atoms with Crippen LogP contribution in [0.15, 0.2) is 54.7 Å². The molecule has 176 valence electrons. The highest BCUT2D eigenvalue weighted by atomic mass is 19.1. The average Bonchev–Trinajstić information content (AvgIpc) is 2.85. The molecule has 34 heavy (non-hydrogen) atoms. The van der Waals surface area contributed by atoms with Crippen molar-refractivity contribution in [3.63, 3.8) is 0 Å². The van der Waals surface area contributed by atoms with Gasteiger partial charge in [0.1, 0.15) is 5.82 Å². The lowest BCUT2D eigenvalue weighted by Crippen LogP contribution is -2.46. The number of hydrogen-bond acceptors (Lipinski definition) is 6. The first kappa shape index (κ1) is 23.1. The third kappa shape index (κ3) is 6.04. The number of aromatic nitrogens is 2. The molecule has 1 atom stereocenters. The van der Waals surface area contributed by atoms with Crippen molar-refractivity contribution in [1.29, 1.82) is 0 Å². The first-order chi connectivity index (χ1) is 16.5. The van der Waals surface area contributed by atoms with Crippen LogP contribution in [0, 0.1) is 5.82 Å². The maximum Gasteiger partial charge on any atom is 0.319 e. The van der Waals surface area contributed by atoms with Gasteiger partial charge in [-0.3, -0.25) is 4.79 Å². The van der Waals surface area contributed by atoms with E-state index in [4.69, 9.17) is 5.73 Å². The second kappa shape index (κ2) is 10.7. The number of piperidine rings is 1. The van der Waals surface area contributed by atoms with Crippen molar-refractivity contribution in [2.24, 2.45) is 0 Å². The third-order valence-corrected chi connectivity index (χ3v) is 5.43. The molecule has 0 bridgehead atoms. The number of nitrogens with one attached hydrogen (secondary N) is 4. The summed E-state index contributed by atoms with van der Waals surface area (Å²) in [5, 5.41) is 11.6. The quantitative estimate of drug-likeness (QED) is 0.382. The Morgan fingerprint density at radius 3 is 2.76 bits per heavy atom. The van der Waals surface area contributed by atoms with Crippen LogP contribution in [0.5, 0.6) is 0 Å². The van der Waals surface area contributed by atoms with E-state index < -0.39 is 6.03 Å². The maximum atomic E-state index is 13.0. The monoisotopic (exact) mass is 463 g/mol. The Morgan fingerprint density at radius 2 is 2.00 bits per heavy atom. The smallest absolute Gasteiger partial charge is 0.319 e. The van der Waals surface area contributed by atoms with Crippen LogP contribution in [-0.4, -0.2) is 41.0 Å². The summed E-state index contributed by atoms with van der Waals surface area (Å²) in [6.45, 7) is 1.91. The van der Waals surface area contributed by atoms with Gasteiger partial charge >= 0.3 is 6.03 Å². The second-order valence-corrected chi connectivity index (χ2v) is 8.02. The average molecular weight is 464 g/mol. The molecule has 3 aromatic rings. The lowest BCUT2D eigenvalue weighted by atomic mass is 10.1. The molecule has 2 heterocycles. The number of rotatable bonds is 6. The molecule has 1 saturated heterocycles. The lowest BCUT2D eigenvalue weighted by molar-refractivity contribution is 0.0926. The Kier molecular flexibility index (Phi) is 7.28. The van der Waals surface area contributed by atoms with E-state index in [-0.39, 0.29) is 35.8 Å². The number of amides is 3. The highest BCUT2D eigenvalue weighted by Gasteiger charge is 2.20. The number of nitrogens with two attached hydrogens (primary N) is 1. The van der Waals surface area contributed by atoms with E-state index in [2.05, 4.69) is 31.2 Å². The van der Waals surface area contributed by atoms with Crippen LogP contribution < -0.4 is 27.0 Å². The molecule has 3 amide bonds. The predicted molar refractivity (Wildman–Crippen MR) is 127 cm³/mol. The minimum Gasteiger partial charge on any atom is -0.382 e. The van der Waals surface area contributed by atoms with Crippen LogP contribution in [0.1, 0.15) is 28.9 Å². The van der Waals surface area contributed by atoms with E-state index in [1.165, 1.54) is 30.5 Å². The van der Waals surface area contributed by atoms with E-state index in [1.54, 1.807) is 0 Å². The standard InChI is InChI=1S/C24H26FN7O2/c25-17-6-8-18(9-7-17)31-24(34)29-12-15-3-1-4-16(11-15)20-14-28-22(26)21(32-20)23(33)30-19-5-2-10-27-13-19/h1,3-4,6-9,11,14,19,27H,2,5,10,12-13H2,(H2,26,28)(H,30,33)(H2,29,31,34)/t19-/m0/s1. The van der Waals surface area contributed by atoms with Crippen LogP contribution in [0.4, 0.5) is 20.7 Å². The highest BCUT2D eigenvalue weighted by molar-refractivity contribution is 5.97. The molecule has 2 aromatic carbocycles. The molecule has 6 N–H and O–H groups in total. The Morgan fingerprint density at radius 1 is 1.18 bits per heavy atom. The molecular weight excluding hydrogens is 437 g/mol. The van der Waals surface area contributed by atoms with Crippen LogP contribution in [-0.2, 0) is 6.54 Å². The Bertz CT molecular complexity index is 1160. The number of carbonyl (C=O) groups is 2. The number of benzene rings is 2. The maximum absolute atomic E-state index is 13.0. The molecule has 1 fully saturated rings. The zero-order chi connectivity index (χ0) is 23.9. The number of anilines is 2. The summed E-state index contributed by atoms with van der Waals surface area (Å²) >= 11 is 0. The van der Waals surface area contributed by atoms with Gasteiger partial charge in [0.15, 0.2) is 11.5 Å². The number of hydrogen-bond donors (Lipinski definition) is 5. The van der Waals surface area contributed by atoms with Gasteiger partial charge in [-0.15, -0.1) is 0 Å². The molecule has 0 unspecified atom stereocenters. The first-order valence-corrected chi connectivity index (χ1v) is 11.0. The topological polar surface area (TPSA) is 134 Å². The molecule has 0 spiro atoms. The molecular formula is C24H26FN7O2. The fourth-order valence-corrected chi connectivity index (χ4v) is 3.66. The van der Waals surface area contributed by atoms with Crippen LogP contribution >= 0.6 is 0 Å². The van der Waals surface area contributed by atoms with Crippen molar-refractivity contribution >= 4 is 23.4 Å². The van der Waals surface area contributed by atoms with E-state index in [0.29, 0.717) is 17.9 Å². The van der Waals surface area contributed by atoms with Gasteiger partial charge in [-0.25, -0.2) is 19.2 Å². The van der Waals surface area contributed by atoms with E-state index in [9.17, 15) is 14.0 Å². The molecule has 10 heteroatoms. The number of carbonyl (C=O) groups excluding carboxylic acids is 2. The van der Waals surface area contributed by atoms with E-state index in [1.807, 2.05) is 24.3 Å². The fraction of sp³-hybridized carbons (Fsp3) is 0.250. The van der Waals surface area contributed by atoms with Gasteiger partial charge in [0.05, 0.1) is 11.9 Å². The van der Waals surface area contributed by atoms with Crippen molar-refractivity contribution in [3.8, 4) is 11.3 Å². The normalized spacial score (nSPS) is 15.4. The number of nitrogens with zero attached hydrogens (tertiary/aromatic N) is 2. The summed E-state index contributed by atoms with van der Waals surface area (Å²) in [4.78, 5) is 33.5. The minimum absolute atomic E-state index is 0.0292. The van der Waals surface area contributed by atoms with Gasteiger partial charge in [0.25, 0.3) is 5.91 Å². The Balaban J connectivity index is 1.41. The molecule has 1 aliphatic heterocycles. The lowest BCUT2D eigenvalue weighted by Gasteiger charge is -2.23. The molecule has 0 aliphatic carbocycles. The Labute approximate surface area is 196 Å². The van der Waals surface area contributed by atoms with Crippen LogP contribution in [0.25, 0.3) is 11.3 Å². The highest BCUT2D eigenvalue weighted by Crippen LogP contribution is 2.20.